The SMILES string of the molecule is CCC(=O)Nc1cc(C(=O)N2CCC(c3ccc(F)cc3)C2)cc(C(F)(F)F)c1. The van der Waals surface area contributed by atoms with E-state index in [1.54, 1.807) is 19.1 Å². The second kappa shape index (κ2) is 8.23. The Kier molecular flexibility index (Phi) is 5.91. The summed E-state index contributed by atoms with van der Waals surface area (Å²) in [6.45, 7) is 2.29. The highest BCUT2D eigenvalue weighted by molar-refractivity contribution is 5.97. The number of likely N-dealkylation sites (tertiary alicyclic amines) is 1. The fourth-order valence-corrected chi connectivity index (χ4v) is 3.37. The van der Waals surface area contributed by atoms with Crippen molar-refractivity contribution in [1.82, 2.24) is 4.90 Å². The molecule has 2 aromatic carbocycles. The summed E-state index contributed by atoms with van der Waals surface area (Å²) >= 11 is 0. The van der Waals surface area contributed by atoms with Gasteiger partial charge in [-0.2, -0.15) is 13.2 Å². The minimum atomic E-state index is -4.65. The summed E-state index contributed by atoms with van der Waals surface area (Å²) in [6.07, 6.45) is -3.91. The van der Waals surface area contributed by atoms with Gasteiger partial charge in [-0.05, 0) is 42.3 Å². The number of nitrogens with zero attached hydrogens (tertiary/aromatic N) is 1. The Hall–Kier alpha value is -2.90. The Balaban J connectivity index is 1.83. The maximum Gasteiger partial charge on any atom is 0.416 e. The quantitative estimate of drug-likeness (QED) is 0.738. The molecule has 154 valence electrons. The van der Waals surface area contributed by atoms with Crippen LogP contribution >= 0.6 is 0 Å². The number of benzene rings is 2. The van der Waals surface area contributed by atoms with Gasteiger partial charge in [0.15, 0.2) is 0 Å². The highest BCUT2D eigenvalue weighted by atomic mass is 19.4. The molecule has 4 nitrogen and oxygen atoms in total. The maximum absolute atomic E-state index is 13.3. The Bertz CT molecular complexity index is 910. The smallest absolute Gasteiger partial charge is 0.338 e. The van der Waals surface area contributed by atoms with Crippen molar-refractivity contribution in [3.8, 4) is 0 Å². The van der Waals surface area contributed by atoms with Gasteiger partial charge in [0.2, 0.25) is 5.91 Å². The van der Waals surface area contributed by atoms with Crippen molar-refractivity contribution in [2.45, 2.75) is 31.9 Å². The van der Waals surface area contributed by atoms with E-state index in [4.69, 9.17) is 0 Å². The van der Waals surface area contributed by atoms with Crippen LogP contribution in [-0.2, 0) is 11.0 Å². The van der Waals surface area contributed by atoms with Crippen LogP contribution in [0, 0.1) is 5.82 Å². The molecule has 1 aliphatic heterocycles. The molecule has 1 aliphatic rings. The van der Waals surface area contributed by atoms with E-state index in [0.29, 0.717) is 19.5 Å². The first-order chi connectivity index (χ1) is 13.7. The molecule has 0 aromatic heterocycles. The number of hydrogen-bond acceptors (Lipinski definition) is 2. The lowest BCUT2D eigenvalue weighted by atomic mass is 9.98. The zero-order valence-electron chi connectivity index (χ0n) is 15.7. The van der Waals surface area contributed by atoms with Gasteiger partial charge >= 0.3 is 6.18 Å². The summed E-state index contributed by atoms with van der Waals surface area (Å²) < 4.78 is 52.9. The average molecular weight is 408 g/mol. The molecular weight excluding hydrogens is 388 g/mol. The highest BCUT2D eigenvalue weighted by Gasteiger charge is 2.34. The third-order valence-electron chi connectivity index (χ3n) is 4.93. The van der Waals surface area contributed by atoms with Crippen LogP contribution in [0.1, 0.15) is 47.2 Å². The van der Waals surface area contributed by atoms with Gasteiger partial charge in [0.05, 0.1) is 5.56 Å². The van der Waals surface area contributed by atoms with Crippen LogP contribution in [0.4, 0.5) is 23.2 Å². The van der Waals surface area contributed by atoms with Crippen molar-refractivity contribution in [3.63, 3.8) is 0 Å². The van der Waals surface area contributed by atoms with Crippen LogP contribution in [0.3, 0.4) is 0 Å². The van der Waals surface area contributed by atoms with E-state index < -0.39 is 23.6 Å². The fraction of sp³-hybridized carbons (Fsp3) is 0.333. The van der Waals surface area contributed by atoms with Gasteiger partial charge in [-0.3, -0.25) is 9.59 Å². The predicted molar refractivity (Wildman–Crippen MR) is 100 cm³/mol. The zero-order chi connectivity index (χ0) is 21.2. The summed E-state index contributed by atoms with van der Waals surface area (Å²) in [5, 5.41) is 2.38. The number of alkyl halides is 3. The minimum Gasteiger partial charge on any atom is -0.338 e. The van der Waals surface area contributed by atoms with Crippen LogP contribution in [0.2, 0.25) is 0 Å². The summed E-state index contributed by atoms with van der Waals surface area (Å²) in [7, 11) is 0. The average Bonchev–Trinajstić information content (AvgIpc) is 3.17. The third-order valence-corrected chi connectivity index (χ3v) is 4.93. The standard InChI is InChI=1S/C21H20F4N2O2/c1-2-19(28)26-18-10-15(9-16(11-18)21(23,24)25)20(29)27-8-7-14(12-27)13-3-5-17(22)6-4-13/h3-6,9-11,14H,2,7-8,12H2,1H3,(H,26,28). The van der Waals surface area contributed by atoms with Gasteiger partial charge < -0.3 is 10.2 Å². The third kappa shape index (κ3) is 4.93. The molecule has 0 spiro atoms. The molecule has 2 amide bonds. The molecule has 3 rings (SSSR count). The van der Waals surface area contributed by atoms with E-state index >= 15 is 0 Å². The molecule has 8 heteroatoms. The molecule has 29 heavy (non-hydrogen) atoms. The van der Waals surface area contributed by atoms with Crippen LogP contribution in [0.5, 0.6) is 0 Å². The van der Waals surface area contributed by atoms with Gasteiger partial charge in [-0.15, -0.1) is 0 Å². The van der Waals surface area contributed by atoms with E-state index in [0.717, 1.165) is 17.7 Å². The van der Waals surface area contributed by atoms with E-state index in [9.17, 15) is 27.2 Å². The van der Waals surface area contributed by atoms with Gasteiger partial charge in [0.1, 0.15) is 5.82 Å². The van der Waals surface area contributed by atoms with E-state index in [1.165, 1.54) is 23.1 Å². The lowest BCUT2D eigenvalue weighted by Crippen LogP contribution is -2.29. The second-order valence-corrected chi connectivity index (χ2v) is 6.99. The van der Waals surface area contributed by atoms with Gasteiger partial charge in [0, 0.05) is 36.7 Å². The molecule has 1 atom stereocenters. The molecule has 0 saturated carbocycles. The molecule has 1 fully saturated rings. The summed E-state index contributed by atoms with van der Waals surface area (Å²) in [4.78, 5) is 25.9. The number of carbonyl (C=O) groups excluding carboxylic acids is 2. The van der Waals surface area contributed by atoms with Gasteiger partial charge in [0.25, 0.3) is 5.91 Å². The van der Waals surface area contributed by atoms with Crippen molar-refractivity contribution in [2.75, 3.05) is 18.4 Å². The molecular formula is C21H20F4N2O2. The summed E-state index contributed by atoms with van der Waals surface area (Å²) in [6, 6.07) is 8.86. The van der Waals surface area contributed by atoms with Crippen LogP contribution in [-0.4, -0.2) is 29.8 Å². The van der Waals surface area contributed by atoms with Crippen molar-refractivity contribution in [3.05, 3.63) is 65.0 Å². The van der Waals surface area contributed by atoms with Crippen LogP contribution in [0.15, 0.2) is 42.5 Å². The number of hydrogen-bond donors (Lipinski definition) is 1. The zero-order valence-corrected chi connectivity index (χ0v) is 15.7. The van der Waals surface area contributed by atoms with E-state index in [2.05, 4.69) is 5.32 Å². The number of amides is 2. The van der Waals surface area contributed by atoms with Crippen molar-refractivity contribution >= 4 is 17.5 Å². The predicted octanol–water partition coefficient (Wildman–Crippen LogP) is 4.82. The first kappa shape index (κ1) is 20.8. The van der Waals surface area contributed by atoms with E-state index in [1.807, 2.05) is 0 Å². The first-order valence-corrected chi connectivity index (χ1v) is 9.24. The van der Waals surface area contributed by atoms with Crippen molar-refractivity contribution < 1.29 is 27.2 Å². The lowest BCUT2D eigenvalue weighted by Gasteiger charge is -2.19. The van der Waals surface area contributed by atoms with Gasteiger partial charge in [-0.1, -0.05) is 19.1 Å². The molecule has 0 radical (unpaired) electrons. The topological polar surface area (TPSA) is 49.4 Å². The number of carbonyl (C=O) groups is 2. The lowest BCUT2D eigenvalue weighted by molar-refractivity contribution is -0.137. The molecule has 1 heterocycles. The molecule has 1 saturated heterocycles. The van der Waals surface area contributed by atoms with Gasteiger partial charge in [-0.25, -0.2) is 4.39 Å². The molecule has 1 N–H and O–H groups in total. The molecule has 2 aromatic rings. The Labute approximate surface area is 165 Å². The normalized spacial score (nSPS) is 16.7. The van der Waals surface area contributed by atoms with E-state index in [-0.39, 0.29) is 29.4 Å². The molecule has 0 aliphatic carbocycles. The van der Waals surface area contributed by atoms with Crippen LogP contribution < -0.4 is 5.32 Å². The monoisotopic (exact) mass is 408 g/mol. The number of halogens is 4. The van der Waals surface area contributed by atoms with Crippen molar-refractivity contribution in [2.24, 2.45) is 0 Å². The summed E-state index contributed by atoms with van der Waals surface area (Å²) in [5.74, 6) is -1.34. The minimum absolute atomic E-state index is 0.00962. The van der Waals surface area contributed by atoms with Crippen molar-refractivity contribution in [1.29, 1.82) is 0 Å². The molecule has 0 bridgehead atoms. The summed E-state index contributed by atoms with van der Waals surface area (Å²) in [5.41, 5.74) is -0.319. The maximum atomic E-state index is 13.3. The number of nitrogens with one attached hydrogen (secondary N) is 1. The second-order valence-electron chi connectivity index (χ2n) is 6.99. The molecule has 1 unspecified atom stereocenters. The van der Waals surface area contributed by atoms with Crippen LogP contribution in [0.25, 0.3) is 0 Å². The largest absolute Gasteiger partial charge is 0.416 e. The highest BCUT2D eigenvalue weighted by Crippen LogP contribution is 2.33. The number of rotatable bonds is 4. The number of anilines is 1. The Morgan fingerprint density at radius 2 is 1.83 bits per heavy atom. The first-order valence-electron chi connectivity index (χ1n) is 9.24. The fourth-order valence-electron chi connectivity index (χ4n) is 3.37. The Morgan fingerprint density at radius 1 is 1.14 bits per heavy atom. The Morgan fingerprint density at radius 3 is 2.45 bits per heavy atom.